The molecule has 0 aliphatic heterocycles. The minimum atomic E-state index is -0.351. The Morgan fingerprint density at radius 3 is 2.69 bits per heavy atom. The number of hydrogen-bond acceptors (Lipinski definition) is 4. The first-order valence-corrected chi connectivity index (χ1v) is 9.17. The Morgan fingerprint density at radius 1 is 1.21 bits per heavy atom. The van der Waals surface area contributed by atoms with Crippen LogP contribution in [-0.4, -0.2) is 31.5 Å². The van der Waals surface area contributed by atoms with Gasteiger partial charge in [-0.25, -0.2) is 9.37 Å². The van der Waals surface area contributed by atoms with Crippen molar-refractivity contribution in [3.05, 3.63) is 66.0 Å². The predicted molar refractivity (Wildman–Crippen MR) is 103 cm³/mol. The number of nitrogens with one attached hydrogen (secondary N) is 2. The van der Waals surface area contributed by atoms with Gasteiger partial charge in [-0.2, -0.15) is 10.4 Å². The molecule has 7 nitrogen and oxygen atoms in total. The maximum atomic E-state index is 13.4. The number of pyridine rings is 1. The molecule has 1 aliphatic rings. The molecule has 0 unspecified atom stereocenters. The lowest BCUT2D eigenvalue weighted by molar-refractivity contribution is 0.0946. The maximum absolute atomic E-state index is 13.4. The summed E-state index contributed by atoms with van der Waals surface area (Å²) in [4.78, 5) is 17.0. The average molecular weight is 386 g/mol. The molecule has 0 saturated heterocycles. The topological polar surface area (TPSA) is 98.9 Å². The maximum Gasteiger partial charge on any atom is 0.270 e. The van der Waals surface area contributed by atoms with Crippen molar-refractivity contribution in [3.63, 3.8) is 0 Å². The number of nitriles is 1. The second-order valence-corrected chi connectivity index (χ2v) is 6.98. The van der Waals surface area contributed by atoms with Gasteiger partial charge in [-0.15, -0.1) is 0 Å². The van der Waals surface area contributed by atoms with Crippen LogP contribution in [0.5, 0.6) is 0 Å². The lowest BCUT2D eigenvalue weighted by Gasteiger charge is -2.08. The number of nitrogens with zero attached hydrogens (tertiary/aromatic N) is 4. The van der Waals surface area contributed by atoms with E-state index in [-0.39, 0.29) is 17.8 Å². The van der Waals surface area contributed by atoms with E-state index in [1.165, 1.54) is 18.3 Å². The molecule has 29 heavy (non-hydrogen) atoms. The summed E-state index contributed by atoms with van der Waals surface area (Å²) in [5.41, 5.74) is 3.83. The van der Waals surface area contributed by atoms with Gasteiger partial charge in [-0.1, -0.05) is 0 Å². The van der Waals surface area contributed by atoms with Crippen LogP contribution in [0.4, 0.5) is 4.39 Å². The summed E-state index contributed by atoms with van der Waals surface area (Å²) < 4.78 is 15.1. The van der Waals surface area contributed by atoms with E-state index in [2.05, 4.69) is 26.6 Å². The number of aromatic amines is 1. The van der Waals surface area contributed by atoms with Crippen molar-refractivity contribution in [1.82, 2.24) is 24.9 Å². The van der Waals surface area contributed by atoms with Gasteiger partial charge >= 0.3 is 0 Å². The van der Waals surface area contributed by atoms with Crippen LogP contribution in [0, 0.1) is 17.1 Å². The number of halogens is 1. The highest BCUT2D eigenvalue weighted by Gasteiger charge is 2.28. The van der Waals surface area contributed by atoms with E-state index in [0.717, 1.165) is 12.8 Å². The van der Waals surface area contributed by atoms with Crippen molar-refractivity contribution in [2.24, 2.45) is 0 Å². The number of H-pyrrole nitrogens is 1. The first kappa shape index (κ1) is 17.1. The zero-order valence-corrected chi connectivity index (χ0v) is 15.2. The highest BCUT2D eigenvalue weighted by atomic mass is 19.1. The molecule has 4 aromatic rings. The van der Waals surface area contributed by atoms with Gasteiger partial charge in [0.25, 0.3) is 5.91 Å². The summed E-state index contributed by atoms with van der Waals surface area (Å²) in [7, 11) is 0. The van der Waals surface area contributed by atoms with Crippen LogP contribution in [0.1, 0.15) is 29.0 Å². The molecule has 1 aromatic carbocycles. The van der Waals surface area contributed by atoms with Crippen molar-refractivity contribution in [3.8, 4) is 28.5 Å². The van der Waals surface area contributed by atoms with Crippen LogP contribution in [0.25, 0.3) is 28.0 Å². The Bertz CT molecular complexity index is 1280. The molecule has 3 heterocycles. The van der Waals surface area contributed by atoms with E-state index in [1.807, 2.05) is 6.07 Å². The van der Waals surface area contributed by atoms with E-state index in [0.29, 0.717) is 39.4 Å². The number of rotatable bonds is 4. The van der Waals surface area contributed by atoms with E-state index >= 15 is 0 Å². The molecule has 0 radical (unpaired) electrons. The molecule has 0 atom stereocenters. The molecule has 1 fully saturated rings. The Morgan fingerprint density at radius 2 is 1.97 bits per heavy atom. The van der Waals surface area contributed by atoms with Crippen LogP contribution in [0.3, 0.4) is 0 Å². The highest BCUT2D eigenvalue weighted by molar-refractivity contribution is 6.03. The van der Waals surface area contributed by atoms with Gasteiger partial charge in [-0.05, 0) is 49.2 Å². The summed E-state index contributed by atoms with van der Waals surface area (Å²) >= 11 is 0. The number of imidazole rings is 1. The number of benzene rings is 1. The number of hydrogen-bond donors (Lipinski definition) is 2. The quantitative estimate of drug-likeness (QED) is 0.562. The van der Waals surface area contributed by atoms with E-state index in [4.69, 9.17) is 0 Å². The lowest BCUT2D eigenvalue weighted by atomic mass is 9.99. The standard InChI is InChI=1S/C21H15FN6O/c22-14-4-1-12(2-5-14)19-18(20(27-26-19)21(29)25-15-6-7-15)13-3-8-17-24-10-16(9-23)28(17)11-13/h1-5,8,10-11,15H,6-7H2,(H,25,29)(H,26,27). The Labute approximate surface area is 164 Å². The first-order valence-electron chi connectivity index (χ1n) is 9.17. The third kappa shape index (κ3) is 3.02. The smallest absolute Gasteiger partial charge is 0.270 e. The van der Waals surface area contributed by atoms with Gasteiger partial charge < -0.3 is 5.32 Å². The van der Waals surface area contributed by atoms with Gasteiger partial charge in [0.2, 0.25) is 0 Å². The Kier molecular flexibility index (Phi) is 3.88. The van der Waals surface area contributed by atoms with Crippen LogP contribution in [0.15, 0.2) is 48.8 Å². The highest BCUT2D eigenvalue weighted by Crippen LogP contribution is 2.34. The van der Waals surface area contributed by atoms with Gasteiger partial charge in [0.05, 0.1) is 6.20 Å². The number of fused-ring (bicyclic) bond motifs is 1. The first-order chi connectivity index (χ1) is 14.1. The summed E-state index contributed by atoms with van der Waals surface area (Å²) in [5, 5.41) is 19.5. The second kappa shape index (κ2) is 6.56. The minimum Gasteiger partial charge on any atom is -0.348 e. The molecule has 8 heteroatoms. The number of carbonyl (C=O) groups excluding carboxylic acids is 1. The lowest BCUT2D eigenvalue weighted by Crippen LogP contribution is -2.26. The van der Waals surface area contributed by atoms with Gasteiger partial charge in [-0.3, -0.25) is 14.3 Å². The molecular weight excluding hydrogens is 371 g/mol. The molecule has 142 valence electrons. The minimum absolute atomic E-state index is 0.189. The normalized spacial score (nSPS) is 13.4. The van der Waals surface area contributed by atoms with Crippen LogP contribution >= 0.6 is 0 Å². The van der Waals surface area contributed by atoms with Gasteiger partial charge in [0, 0.05) is 28.9 Å². The Hall–Kier alpha value is -3.99. The Balaban J connectivity index is 1.70. The third-order valence-electron chi connectivity index (χ3n) is 4.93. The third-order valence-corrected chi connectivity index (χ3v) is 4.93. The van der Waals surface area contributed by atoms with Crippen LogP contribution < -0.4 is 5.32 Å². The van der Waals surface area contributed by atoms with E-state index in [1.54, 1.807) is 28.8 Å². The largest absolute Gasteiger partial charge is 0.348 e. The van der Waals surface area contributed by atoms with Crippen molar-refractivity contribution in [1.29, 1.82) is 5.26 Å². The van der Waals surface area contributed by atoms with Crippen molar-refractivity contribution < 1.29 is 9.18 Å². The molecule has 2 N–H and O–H groups in total. The fourth-order valence-electron chi connectivity index (χ4n) is 3.30. The average Bonchev–Trinajstić information content (AvgIpc) is 3.28. The number of amides is 1. The molecule has 3 aromatic heterocycles. The second-order valence-electron chi connectivity index (χ2n) is 6.98. The van der Waals surface area contributed by atoms with Gasteiger partial charge in [0.1, 0.15) is 34.6 Å². The number of carbonyl (C=O) groups is 1. The van der Waals surface area contributed by atoms with Gasteiger partial charge in [0.15, 0.2) is 0 Å². The molecule has 1 aliphatic carbocycles. The van der Waals surface area contributed by atoms with E-state index < -0.39 is 0 Å². The molecule has 0 spiro atoms. The molecule has 1 saturated carbocycles. The van der Waals surface area contributed by atoms with Crippen molar-refractivity contribution >= 4 is 11.6 Å². The van der Waals surface area contributed by atoms with Crippen LogP contribution in [0.2, 0.25) is 0 Å². The summed E-state index contributed by atoms with van der Waals surface area (Å²) in [6, 6.07) is 11.8. The zero-order chi connectivity index (χ0) is 20.0. The zero-order valence-electron chi connectivity index (χ0n) is 15.2. The molecular formula is C21H15FN6O. The molecule has 0 bridgehead atoms. The van der Waals surface area contributed by atoms with Crippen LogP contribution in [-0.2, 0) is 0 Å². The fraction of sp³-hybridized carbons (Fsp3) is 0.143. The molecule has 1 amide bonds. The predicted octanol–water partition coefficient (Wildman–Crippen LogP) is 3.29. The molecule has 5 rings (SSSR count). The van der Waals surface area contributed by atoms with Crippen molar-refractivity contribution in [2.75, 3.05) is 0 Å². The fourth-order valence-corrected chi connectivity index (χ4v) is 3.30. The van der Waals surface area contributed by atoms with E-state index in [9.17, 15) is 14.4 Å². The summed E-state index contributed by atoms with van der Waals surface area (Å²) in [6.07, 6.45) is 5.18. The monoisotopic (exact) mass is 386 g/mol. The summed E-state index contributed by atoms with van der Waals surface area (Å²) in [5.74, 6) is -0.592. The van der Waals surface area contributed by atoms with Crippen molar-refractivity contribution in [2.45, 2.75) is 18.9 Å². The number of aromatic nitrogens is 4. The summed E-state index contributed by atoms with van der Waals surface area (Å²) in [6.45, 7) is 0. The SMILES string of the molecule is N#Cc1cnc2ccc(-c3c(-c4ccc(F)cc4)n[nH]c3C(=O)NC3CC3)cn12.